The second kappa shape index (κ2) is 6.76. The van der Waals surface area contributed by atoms with Crippen LogP contribution in [0.3, 0.4) is 0 Å². The molecular weight excluding hydrogens is 385 g/mol. The summed E-state index contributed by atoms with van der Waals surface area (Å²) in [5.41, 5.74) is 0. The third kappa shape index (κ3) is 7.75. The molecule has 1 aliphatic heterocycles. The highest BCUT2D eigenvalue weighted by Gasteiger charge is 2.47. The summed E-state index contributed by atoms with van der Waals surface area (Å²) < 4.78 is 84.0. The summed E-state index contributed by atoms with van der Waals surface area (Å²) in [5.74, 6) is 0. The van der Waals surface area contributed by atoms with E-state index in [-0.39, 0.29) is 0 Å². The third-order valence-corrected chi connectivity index (χ3v) is 21.4. The molecule has 0 aromatic rings. The molecule has 0 aromatic heterocycles. The first-order chi connectivity index (χ1) is 12.1. The van der Waals surface area contributed by atoms with E-state index in [1.165, 1.54) is 0 Å². The summed E-state index contributed by atoms with van der Waals surface area (Å²) in [4.78, 5) is 0. The fraction of sp³-hybridized carbons (Fsp3) is 1.00. The average Bonchev–Trinajstić information content (AvgIpc) is 2.27. The summed E-state index contributed by atoms with van der Waals surface area (Å²) in [6.07, 6.45) is 0. The fourth-order valence-electron chi connectivity index (χ4n) is 2.47. The molecule has 1 aliphatic rings. The van der Waals surface area contributed by atoms with Crippen molar-refractivity contribution in [2.45, 2.75) is 65.4 Å². The molecule has 1 unspecified atom stereocenters. The van der Waals surface area contributed by atoms with E-state index in [2.05, 4.69) is 0 Å². The van der Waals surface area contributed by atoms with Crippen molar-refractivity contribution >= 4 is 52.7 Å². The highest BCUT2D eigenvalue weighted by molar-refractivity contribution is 6.90. The minimum atomic E-state index is -4.49. The molecule has 0 bridgehead atoms. The van der Waals surface area contributed by atoms with Gasteiger partial charge in [0.2, 0.25) is 0 Å². The van der Waals surface area contributed by atoms with Crippen molar-refractivity contribution in [3.8, 4) is 0 Å². The quantitative estimate of drug-likeness (QED) is 0.559. The fourth-order valence-corrected chi connectivity index (χ4v) is 24.4. The summed E-state index contributed by atoms with van der Waals surface area (Å²) in [5, 5.41) is 0. The van der Waals surface area contributed by atoms with E-state index in [9.17, 15) is 0 Å². The first kappa shape index (κ1) is 13.3. The lowest BCUT2D eigenvalue weighted by Crippen LogP contribution is -2.60. The molecule has 1 rings (SSSR count). The summed E-state index contributed by atoms with van der Waals surface area (Å²) >= 11 is 0. The summed E-state index contributed by atoms with van der Waals surface area (Å²) in [7, 11) is -20.6. The topological polar surface area (TPSA) is 55.4 Å². The zero-order valence-corrected chi connectivity index (χ0v) is 20.7. The first-order valence-electron chi connectivity index (χ1n) is 10.3. The minimum absolute atomic E-state index is 0.703. The molecule has 0 aliphatic carbocycles. The molecule has 0 aromatic carbocycles. The van der Waals surface area contributed by atoms with Crippen molar-refractivity contribution in [2.75, 3.05) is 0 Å². The van der Waals surface area contributed by atoms with E-state index in [1.807, 2.05) is 26.2 Å². The number of hydrogen-bond donors (Lipinski definition) is 0. The lowest BCUT2D eigenvalue weighted by molar-refractivity contribution is 0.254. The van der Waals surface area contributed by atoms with E-state index in [0.29, 0.717) is 0 Å². The smallest absolute Gasteiger partial charge is 0.314 e. The Balaban J connectivity index is 3.53. The van der Waals surface area contributed by atoms with Crippen molar-refractivity contribution in [1.29, 1.82) is 2.47 Å². The predicted molar refractivity (Wildman–Crippen MR) is 102 cm³/mol. The molecule has 1 atom stereocenters. The van der Waals surface area contributed by atoms with Crippen LogP contribution in [0.2, 0.25) is 65.4 Å². The van der Waals surface area contributed by atoms with Crippen LogP contribution in [0.25, 0.3) is 0 Å². The Kier molecular flexibility index (Phi) is 4.08. The molecule has 0 amide bonds. The van der Waals surface area contributed by atoms with Gasteiger partial charge in [-0.2, -0.15) is 0 Å². The van der Waals surface area contributed by atoms with Gasteiger partial charge in [-0.05, 0) is 65.4 Å². The van der Waals surface area contributed by atoms with Crippen molar-refractivity contribution in [2.24, 2.45) is 0 Å². The van der Waals surface area contributed by atoms with Gasteiger partial charge in [0.25, 0.3) is 9.87 Å². The van der Waals surface area contributed by atoms with Crippen LogP contribution < -0.4 is 0 Å². The van der Waals surface area contributed by atoms with Crippen LogP contribution in [0.5, 0.6) is 0 Å². The molecule has 0 spiro atoms. The van der Waals surface area contributed by atoms with Crippen molar-refractivity contribution in [3.63, 3.8) is 0 Å². The molecule has 1 saturated heterocycles. The maximum Gasteiger partial charge on any atom is 0.314 e. The van der Waals surface area contributed by atoms with Crippen molar-refractivity contribution in [1.82, 2.24) is 0 Å². The second-order valence-corrected chi connectivity index (χ2v) is 24.8. The third-order valence-electron chi connectivity index (χ3n) is 2.38. The zero-order chi connectivity index (χ0) is 22.4. The Hall–Kier alpha value is 1.06. The van der Waals surface area contributed by atoms with Gasteiger partial charge in [0, 0.05) is 5.48 Å². The van der Waals surface area contributed by atoms with Crippen LogP contribution in [0, 0.1) is 0 Å². The Morgan fingerprint density at radius 2 is 1.00 bits per heavy atom. The molecule has 6 nitrogen and oxygen atoms in total. The van der Waals surface area contributed by atoms with Crippen LogP contribution in [0.15, 0.2) is 0 Å². The summed E-state index contributed by atoms with van der Waals surface area (Å²) in [6, 6.07) is 0. The molecule has 12 heteroatoms. The van der Waals surface area contributed by atoms with Gasteiger partial charge in [0.1, 0.15) is 0 Å². The van der Waals surface area contributed by atoms with Gasteiger partial charge in [-0.15, -0.1) is 0 Å². The second-order valence-electron chi connectivity index (χ2n) is 7.05. The van der Waals surface area contributed by atoms with Crippen LogP contribution >= 0.6 is 0 Å². The van der Waals surface area contributed by atoms with E-state index < -0.39 is 65.7 Å². The molecule has 0 N–H and O–H groups in total. The lowest BCUT2D eigenvalue weighted by atomic mass is 11.9. The predicted octanol–water partition coefficient (Wildman–Crippen LogP) is 2.61. The molecule has 1 fully saturated rings. The minimum Gasteiger partial charge on any atom is -0.420 e. The molecule has 132 valence electrons. The Bertz CT molecular complexity index is 538. The van der Waals surface area contributed by atoms with Crippen LogP contribution in [-0.4, -0.2) is 55.1 Å². The van der Waals surface area contributed by atoms with Gasteiger partial charge in [-0.25, -0.2) is 0 Å². The molecule has 22 heavy (non-hydrogen) atoms. The van der Waals surface area contributed by atoms with Crippen LogP contribution in [-0.2, 0) is 24.7 Å². The molecular formula is C10H32O6Si6. The Labute approximate surface area is 151 Å². The number of hydrogen-bond acceptors (Lipinski definition) is 6. The summed E-state index contributed by atoms with van der Waals surface area (Å²) in [6.45, 7) is 10.5. The van der Waals surface area contributed by atoms with Crippen molar-refractivity contribution in [3.05, 3.63) is 0 Å². The monoisotopic (exact) mass is 422 g/mol. The largest absolute Gasteiger partial charge is 0.420 e. The highest BCUT2D eigenvalue weighted by Crippen LogP contribution is 2.27. The molecule has 0 saturated carbocycles. The van der Waals surface area contributed by atoms with E-state index in [0.717, 1.165) is 0 Å². The first-order valence-corrected chi connectivity index (χ1v) is 21.2. The molecule has 1 heterocycles. The SMILES string of the molecule is [2H]C[Si]1(C([2H])([2H])[2H])O[Si]([2H])([2H])O[Si](C)(C)O[Si](C)(C)O[Si](C)(C)O[Si](C)(C)O1. The van der Waals surface area contributed by atoms with Gasteiger partial charge in [0.15, 0.2) is 0 Å². The number of rotatable bonds is 0. The van der Waals surface area contributed by atoms with Gasteiger partial charge in [0.05, 0.1) is 2.47 Å². The van der Waals surface area contributed by atoms with Gasteiger partial charge in [-0.3, -0.25) is 0 Å². The zero-order valence-electron chi connectivity index (χ0n) is 20.7. The van der Waals surface area contributed by atoms with Gasteiger partial charge >= 0.3 is 42.8 Å². The molecule has 0 radical (unpaired) electrons. The normalized spacial score (nSPS) is 42.0. The van der Waals surface area contributed by atoms with Crippen molar-refractivity contribution < 1.29 is 30.2 Å². The Morgan fingerprint density at radius 3 is 1.41 bits per heavy atom. The van der Waals surface area contributed by atoms with Crippen LogP contribution in [0.4, 0.5) is 0 Å². The van der Waals surface area contributed by atoms with Crippen LogP contribution in [0.1, 0.15) is 5.48 Å². The maximum absolute atomic E-state index is 8.28. The van der Waals surface area contributed by atoms with E-state index in [1.54, 1.807) is 26.2 Å². The lowest BCUT2D eigenvalue weighted by Gasteiger charge is -2.43. The van der Waals surface area contributed by atoms with Gasteiger partial charge in [-0.1, -0.05) is 0 Å². The van der Waals surface area contributed by atoms with Gasteiger partial charge < -0.3 is 24.7 Å². The maximum atomic E-state index is 8.28. The van der Waals surface area contributed by atoms with E-state index in [4.69, 9.17) is 32.6 Å². The highest BCUT2D eigenvalue weighted by atomic mass is 28.5. The average molecular weight is 423 g/mol. The Morgan fingerprint density at radius 1 is 0.636 bits per heavy atom. The van der Waals surface area contributed by atoms with E-state index >= 15 is 0 Å². The standard InChI is InChI=1S/C10H32O6Si6/c1-18(2)11-17-12-19(3,4)14-21(7,8)16-22(9,10)15-20(5,6)13-18/h17H2,1-10H3/i1D,2D3,17D2.